The van der Waals surface area contributed by atoms with Crippen molar-refractivity contribution in [3.63, 3.8) is 0 Å². The smallest absolute Gasteiger partial charge is 0.164 e. The van der Waals surface area contributed by atoms with Crippen molar-refractivity contribution < 1.29 is 0 Å². The third-order valence-electron chi connectivity index (χ3n) is 12.2. The van der Waals surface area contributed by atoms with Gasteiger partial charge in [-0.05, 0) is 89.0 Å². The highest BCUT2D eigenvalue weighted by molar-refractivity contribution is 6.11. The summed E-state index contributed by atoms with van der Waals surface area (Å²) in [4.78, 5) is 14.8. The molecule has 0 saturated heterocycles. The number of hydrogen-bond donors (Lipinski definition) is 0. The summed E-state index contributed by atoms with van der Waals surface area (Å²) >= 11 is 0. The Labute approximate surface area is 369 Å². The number of nitriles is 1. The van der Waals surface area contributed by atoms with E-state index < -0.39 is 0 Å². The average Bonchev–Trinajstić information content (AvgIpc) is 3.89. The Morgan fingerprint density at radius 1 is 0.297 bits per heavy atom. The first-order chi connectivity index (χ1) is 31.7. The maximum Gasteiger partial charge on any atom is 0.164 e. The zero-order chi connectivity index (χ0) is 42.6. The van der Waals surface area contributed by atoms with Gasteiger partial charge in [-0.1, -0.05) is 152 Å². The summed E-state index contributed by atoms with van der Waals surface area (Å²) in [6.45, 7) is 0. The summed E-state index contributed by atoms with van der Waals surface area (Å²) in [6.07, 6.45) is 0. The molecule has 0 spiro atoms. The molecule has 6 nitrogen and oxygen atoms in total. The van der Waals surface area contributed by atoms with Crippen molar-refractivity contribution in [1.82, 2.24) is 24.1 Å². The Morgan fingerprint density at radius 2 is 0.703 bits per heavy atom. The molecule has 0 aliphatic rings. The monoisotopic (exact) mass is 816 g/mol. The van der Waals surface area contributed by atoms with E-state index in [0.29, 0.717) is 23.0 Å². The van der Waals surface area contributed by atoms with E-state index in [4.69, 9.17) is 15.0 Å². The van der Waals surface area contributed by atoms with Crippen LogP contribution in [0.2, 0.25) is 0 Å². The summed E-state index contributed by atoms with van der Waals surface area (Å²) < 4.78 is 4.70. The first-order valence-corrected chi connectivity index (χ1v) is 21.3. The minimum atomic E-state index is 0.502. The van der Waals surface area contributed by atoms with Crippen molar-refractivity contribution in [2.45, 2.75) is 0 Å². The minimum Gasteiger partial charge on any atom is -0.309 e. The van der Waals surface area contributed by atoms with E-state index in [1.54, 1.807) is 0 Å². The van der Waals surface area contributed by atoms with Gasteiger partial charge in [0, 0.05) is 49.6 Å². The first-order valence-electron chi connectivity index (χ1n) is 21.3. The van der Waals surface area contributed by atoms with Crippen molar-refractivity contribution in [2.75, 3.05) is 0 Å². The van der Waals surface area contributed by atoms with Crippen LogP contribution in [-0.2, 0) is 0 Å². The molecule has 0 N–H and O–H groups in total. The van der Waals surface area contributed by atoms with E-state index in [-0.39, 0.29) is 0 Å². The molecule has 12 aromatic rings. The molecule has 0 aliphatic carbocycles. The number of fused-ring (bicyclic) bond motifs is 6. The van der Waals surface area contributed by atoms with Crippen molar-refractivity contribution >= 4 is 43.6 Å². The standard InChI is InChI=1S/C58H36N6/c59-37-38-32-44(34-45(33-38)58-61-56(40-14-4-1-5-15-40)60-57(62-58)41-16-6-2-7-17-41)43-27-31-51-49-21-11-13-23-53(49)64(55(51)36-43)47-28-24-39(25-29-47)42-26-30-50-48-20-10-12-22-52(48)63(54(50)35-42)46-18-8-3-9-19-46/h1-36H. The lowest BCUT2D eigenvalue weighted by atomic mass is 9.98. The minimum absolute atomic E-state index is 0.502. The molecular formula is C58H36N6. The number of aromatic nitrogens is 5. The van der Waals surface area contributed by atoms with E-state index >= 15 is 0 Å². The van der Waals surface area contributed by atoms with Crippen LogP contribution in [0.15, 0.2) is 218 Å². The van der Waals surface area contributed by atoms with Gasteiger partial charge in [0.1, 0.15) is 0 Å². The molecule has 0 atom stereocenters. The fourth-order valence-electron chi connectivity index (χ4n) is 9.16. The topological polar surface area (TPSA) is 72.3 Å². The van der Waals surface area contributed by atoms with E-state index in [9.17, 15) is 5.26 Å². The van der Waals surface area contributed by atoms with Gasteiger partial charge in [0.2, 0.25) is 0 Å². The Bertz CT molecular complexity index is 3710. The highest BCUT2D eigenvalue weighted by Crippen LogP contribution is 2.38. The Kier molecular flexibility index (Phi) is 8.77. The van der Waals surface area contributed by atoms with Gasteiger partial charge in [0.25, 0.3) is 0 Å². The van der Waals surface area contributed by atoms with Gasteiger partial charge >= 0.3 is 0 Å². The van der Waals surface area contributed by atoms with Crippen LogP contribution < -0.4 is 0 Å². The number of para-hydroxylation sites is 3. The first kappa shape index (κ1) is 36.9. The summed E-state index contributed by atoms with van der Waals surface area (Å²) in [6, 6.07) is 78.2. The van der Waals surface area contributed by atoms with Crippen molar-refractivity contribution in [3.05, 3.63) is 224 Å². The zero-order valence-corrected chi connectivity index (χ0v) is 34.5. The molecule has 298 valence electrons. The molecule has 0 bridgehead atoms. The molecule has 9 aromatic carbocycles. The number of hydrogen-bond acceptors (Lipinski definition) is 4. The van der Waals surface area contributed by atoms with Gasteiger partial charge in [-0.15, -0.1) is 0 Å². The molecule has 0 unspecified atom stereocenters. The van der Waals surface area contributed by atoms with Gasteiger partial charge < -0.3 is 9.13 Å². The van der Waals surface area contributed by atoms with Gasteiger partial charge in [0.15, 0.2) is 17.5 Å². The highest BCUT2D eigenvalue weighted by Gasteiger charge is 2.18. The molecule has 6 heteroatoms. The number of rotatable bonds is 7. The fourth-order valence-corrected chi connectivity index (χ4v) is 9.16. The molecule has 0 radical (unpaired) electrons. The van der Waals surface area contributed by atoms with Crippen molar-refractivity contribution in [2.24, 2.45) is 0 Å². The van der Waals surface area contributed by atoms with Gasteiger partial charge in [-0.3, -0.25) is 0 Å². The lowest BCUT2D eigenvalue weighted by Gasteiger charge is -2.12. The van der Waals surface area contributed by atoms with Gasteiger partial charge in [-0.2, -0.15) is 5.26 Å². The van der Waals surface area contributed by atoms with Crippen LogP contribution >= 0.6 is 0 Å². The normalized spacial score (nSPS) is 11.4. The number of benzene rings is 9. The molecule has 0 saturated carbocycles. The molecule has 3 heterocycles. The average molecular weight is 817 g/mol. The molecule has 0 aliphatic heterocycles. The molecular weight excluding hydrogens is 781 g/mol. The van der Waals surface area contributed by atoms with E-state index in [0.717, 1.165) is 66.7 Å². The Morgan fingerprint density at radius 3 is 1.23 bits per heavy atom. The zero-order valence-electron chi connectivity index (χ0n) is 34.5. The quantitative estimate of drug-likeness (QED) is 0.161. The largest absolute Gasteiger partial charge is 0.309 e. The molecule has 12 rings (SSSR count). The lowest BCUT2D eigenvalue weighted by molar-refractivity contribution is 1.07. The third kappa shape index (κ3) is 6.31. The van der Waals surface area contributed by atoms with E-state index in [2.05, 4.69) is 161 Å². The van der Waals surface area contributed by atoms with Crippen molar-refractivity contribution in [3.8, 4) is 73.9 Å². The summed E-state index contributed by atoms with van der Waals surface area (Å²) in [5.74, 6) is 1.64. The SMILES string of the molecule is N#Cc1cc(-c2ccc3c4ccccc4n(-c4ccc(-c5ccc6c7ccccc7n(-c7ccccc7)c6c5)cc4)c3c2)cc(-c2nc(-c3ccccc3)nc(-c3ccccc3)n2)c1. The van der Waals surface area contributed by atoms with Gasteiger partial charge in [-0.25, -0.2) is 15.0 Å². The Balaban J connectivity index is 0.966. The predicted molar refractivity (Wildman–Crippen MR) is 260 cm³/mol. The van der Waals surface area contributed by atoms with E-state index in [1.165, 1.54) is 27.2 Å². The second kappa shape index (κ2) is 15.2. The van der Waals surface area contributed by atoms with Crippen LogP contribution in [0.25, 0.3) is 111 Å². The second-order valence-electron chi connectivity index (χ2n) is 16.0. The van der Waals surface area contributed by atoms with Crippen LogP contribution in [-0.4, -0.2) is 24.1 Å². The molecule has 3 aromatic heterocycles. The molecule has 64 heavy (non-hydrogen) atoms. The van der Waals surface area contributed by atoms with Crippen LogP contribution in [0.4, 0.5) is 0 Å². The van der Waals surface area contributed by atoms with Crippen LogP contribution in [0.1, 0.15) is 5.56 Å². The maximum absolute atomic E-state index is 10.4. The molecule has 0 amide bonds. The highest BCUT2D eigenvalue weighted by atomic mass is 15.0. The Hall–Kier alpha value is -8.92. The summed E-state index contributed by atoms with van der Waals surface area (Å²) in [7, 11) is 0. The van der Waals surface area contributed by atoms with Gasteiger partial charge in [0.05, 0.1) is 33.7 Å². The van der Waals surface area contributed by atoms with Crippen LogP contribution in [0.3, 0.4) is 0 Å². The molecule has 0 fully saturated rings. The fraction of sp³-hybridized carbons (Fsp3) is 0. The number of nitrogens with zero attached hydrogens (tertiary/aromatic N) is 6. The summed E-state index contributed by atoms with van der Waals surface area (Å²) in [5.41, 5.74) is 14.0. The second-order valence-corrected chi connectivity index (χ2v) is 16.0. The summed E-state index contributed by atoms with van der Waals surface area (Å²) in [5, 5.41) is 15.1. The maximum atomic E-state index is 10.4. The van der Waals surface area contributed by atoms with Crippen molar-refractivity contribution in [1.29, 1.82) is 5.26 Å². The predicted octanol–water partition coefficient (Wildman–Crippen LogP) is 14.3. The van der Waals surface area contributed by atoms with E-state index in [1.807, 2.05) is 72.8 Å². The third-order valence-corrected chi connectivity index (χ3v) is 12.2. The van der Waals surface area contributed by atoms with Crippen LogP contribution in [0.5, 0.6) is 0 Å². The lowest BCUT2D eigenvalue weighted by Crippen LogP contribution is -2.00. The van der Waals surface area contributed by atoms with Crippen LogP contribution in [0, 0.1) is 11.3 Å².